The van der Waals surface area contributed by atoms with Crippen LogP contribution >= 0.6 is 11.8 Å². The summed E-state index contributed by atoms with van der Waals surface area (Å²) in [4.78, 5) is 14.5. The van der Waals surface area contributed by atoms with Gasteiger partial charge in [-0.15, -0.1) is 11.8 Å². The van der Waals surface area contributed by atoms with Gasteiger partial charge in [0, 0.05) is 24.7 Å². The van der Waals surface area contributed by atoms with Crippen LogP contribution in [0.1, 0.15) is 23.2 Å². The molecule has 1 saturated heterocycles. The summed E-state index contributed by atoms with van der Waals surface area (Å²) in [5, 5.41) is 1.07. The lowest BCUT2D eigenvalue weighted by Crippen LogP contribution is -2.17. The van der Waals surface area contributed by atoms with Gasteiger partial charge in [-0.3, -0.25) is 4.79 Å². The maximum absolute atomic E-state index is 12.2. The summed E-state index contributed by atoms with van der Waals surface area (Å²) in [6.45, 7) is 2.12. The Hall–Kier alpha value is -1.42. The molecule has 0 unspecified atom stereocenters. The molecule has 0 radical (unpaired) electrons. The second-order valence-corrected chi connectivity index (χ2v) is 5.30. The second kappa shape index (κ2) is 6.66. The third kappa shape index (κ3) is 3.53. The van der Waals surface area contributed by atoms with Crippen LogP contribution in [0.25, 0.3) is 0 Å². The normalized spacial score (nSPS) is 15.7. The highest BCUT2D eigenvalue weighted by Crippen LogP contribution is 2.23. The fourth-order valence-corrected chi connectivity index (χ4v) is 2.83. The summed E-state index contributed by atoms with van der Waals surface area (Å²) >= 11 is 1.64. The lowest BCUT2D eigenvalue weighted by Gasteiger charge is -2.19. The Bertz CT molecular complexity index is 462. The van der Waals surface area contributed by atoms with Crippen LogP contribution in [0.4, 0.5) is 0 Å². The molecule has 0 aromatic heterocycles. The summed E-state index contributed by atoms with van der Waals surface area (Å²) in [5.74, 6) is 0.823. The van der Waals surface area contributed by atoms with Crippen molar-refractivity contribution >= 4 is 17.5 Å². The van der Waals surface area contributed by atoms with Crippen LogP contribution in [0.3, 0.4) is 0 Å². The smallest absolute Gasteiger partial charge is 0.188 e. The van der Waals surface area contributed by atoms with E-state index < -0.39 is 0 Å². The van der Waals surface area contributed by atoms with E-state index in [1.54, 1.807) is 37.1 Å². The number of hydrogen-bond acceptors (Lipinski definition) is 4. The SMILES string of the molecule is COc1ccc(C(=O)C=C(SC)N2CCCC2)cc1. The van der Waals surface area contributed by atoms with Crippen molar-refractivity contribution in [3.8, 4) is 5.75 Å². The first-order valence-electron chi connectivity index (χ1n) is 6.43. The van der Waals surface area contributed by atoms with E-state index >= 15 is 0 Å². The largest absolute Gasteiger partial charge is 0.497 e. The van der Waals surface area contributed by atoms with E-state index in [4.69, 9.17) is 4.74 Å². The van der Waals surface area contributed by atoms with E-state index in [0.29, 0.717) is 5.56 Å². The van der Waals surface area contributed by atoms with E-state index in [0.717, 1.165) is 23.9 Å². The molecule has 0 N–H and O–H groups in total. The number of rotatable bonds is 5. The number of nitrogens with zero attached hydrogens (tertiary/aromatic N) is 1. The first-order chi connectivity index (χ1) is 9.24. The summed E-state index contributed by atoms with van der Waals surface area (Å²) in [6.07, 6.45) is 6.20. The minimum absolute atomic E-state index is 0.0545. The Morgan fingerprint density at radius 1 is 1.26 bits per heavy atom. The molecule has 0 bridgehead atoms. The molecule has 1 aliphatic rings. The highest BCUT2D eigenvalue weighted by Gasteiger charge is 2.15. The molecule has 0 aliphatic carbocycles. The van der Waals surface area contributed by atoms with Crippen LogP contribution in [0.2, 0.25) is 0 Å². The van der Waals surface area contributed by atoms with Gasteiger partial charge in [-0.2, -0.15) is 0 Å². The average molecular weight is 277 g/mol. The standard InChI is InChI=1S/C15H19NO2S/c1-18-13-7-5-12(6-8-13)14(17)11-15(19-2)16-9-3-4-10-16/h5-8,11H,3-4,9-10H2,1-2H3. The maximum Gasteiger partial charge on any atom is 0.188 e. The number of allylic oxidation sites excluding steroid dienone is 1. The number of carbonyl (C=O) groups excluding carboxylic acids is 1. The van der Waals surface area contributed by atoms with Gasteiger partial charge in [-0.25, -0.2) is 0 Å². The molecule has 1 aliphatic heterocycles. The van der Waals surface area contributed by atoms with Gasteiger partial charge in [-0.05, 0) is 43.4 Å². The topological polar surface area (TPSA) is 29.5 Å². The van der Waals surface area contributed by atoms with Crippen molar-refractivity contribution in [1.29, 1.82) is 0 Å². The molecule has 4 heteroatoms. The molecule has 0 atom stereocenters. The zero-order valence-corrected chi connectivity index (χ0v) is 12.2. The van der Waals surface area contributed by atoms with Gasteiger partial charge < -0.3 is 9.64 Å². The van der Waals surface area contributed by atoms with Crippen molar-refractivity contribution in [2.75, 3.05) is 26.5 Å². The third-order valence-electron chi connectivity index (χ3n) is 3.26. The fraction of sp³-hybridized carbons (Fsp3) is 0.400. The molecular formula is C15H19NO2S. The number of hydrogen-bond donors (Lipinski definition) is 0. The van der Waals surface area contributed by atoms with Gasteiger partial charge in [0.05, 0.1) is 12.1 Å². The van der Waals surface area contributed by atoms with Gasteiger partial charge in [0.25, 0.3) is 0 Å². The van der Waals surface area contributed by atoms with E-state index in [2.05, 4.69) is 4.90 Å². The molecule has 1 fully saturated rings. The predicted octanol–water partition coefficient (Wildman–Crippen LogP) is 3.18. The Balaban J connectivity index is 2.12. The first-order valence-corrected chi connectivity index (χ1v) is 7.66. The molecule has 1 heterocycles. The third-order valence-corrected chi connectivity index (χ3v) is 4.05. The Labute approximate surface area is 118 Å². The van der Waals surface area contributed by atoms with Crippen LogP contribution < -0.4 is 4.74 Å². The molecule has 2 rings (SSSR count). The van der Waals surface area contributed by atoms with Gasteiger partial charge >= 0.3 is 0 Å². The molecule has 102 valence electrons. The molecular weight excluding hydrogens is 258 g/mol. The van der Waals surface area contributed by atoms with E-state index in [1.807, 2.05) is 18.4 Å². The molecule has 3 nitrogen and oxygen atoms in total. The Morgan fingerprint density at radius 2 is 1.89 bits per heavy atom. The predicted molar refractivity (Wildman–Crippen MR) is 79.7 cm³/mol. The number of methoxy groups -OCH3 is 1. The van der Waals surface area contributed by atoms with Gasteiger partial charge in [0.1, 0.15) is 5.75 Å². The Morgan fingerprint density at radius 3 is 2.42 bits per heavy atom. The molecule has 1 aromatic rings. The lowest BCUT2D eigenvalue weighted by molar-refractivity contribution is 0.104. The number of ketones is 1. The van der Waals surface area contributed by atoms with Crippen molar-refractivity contribution in [2.24, 2.45) is 0 Å². The van der Waals surface area contributed by atoms with Crippen LogP contribution in [0, 0.1) is 0 Å². The number of thioether (sulfide) groups is 1. The van der Waals surface area contributed by atoms with E-state index in [1.165, 1.54) is 12.8 Å². The lowest BCUT2D eigenvalue weighted by atomic mass is 10.1. The van der Waals surface area contributed by atoms with E-state index in [-0.39, 0.29) is 5.78 Å². The van der Waals surface area contributed by atoms with Gasteiger partial charge in [-0.1, -0.05) is 0 Å². The number of ether oxygens (including phenoxy) is 1. The van der Waals surface area contributed by atoms with Gasteiger partial charge in [0.15, 0.2) is 5.78 Å². The van der Waals surface area contributed by atoms with E-state index in [9.17, 15) is 4.79 Å². The van der Waals surface area contributed by atoms with Crippen LogP contribution in [-0.2, 0) is 0 Å². The fourth-order valence-electron chi connectivity index (χ4n) is 2.17. The van der Waals surface area contributed by atoms with Gasteiger partial charge in [0.2, 0.25) is 0 Å². The van der Waals surface area contributed by atoms with Crippen molar-refractivity contribution in [2.45, 2.75) is 12.8 Å². The highest BCUT2D eigenvalue weighted by atomic mass is 32.2. The van der Waals surface area contributed by atoms with Crippen molar-refractivity contribution in [1.82, 2.24) is 4.90 Å². The number of benzene rings is 1. The quantitative estimate of drug-likeness (QED) is 0.611. The van der Waals surface area contributed by atoms with Crippen molar-refractivity contribution in [3.05, 3.63) is 40.9 Å². The van der Waals surface area contributed by atoms with Crippen LogP contribution in [0.15, 0.2) is 35.4 Å². The maximum atomic E-state index is 12.2. The Kier molecular flexibility index (Phi) is 4.91. The zero-order valence-electron chi connectivity index (χ0n) is 11.4. The summed E-state index contributed by atoms with van der Waals surface area (Å²) in [5.41, 5.74) is 0.701. The number of likely N-dealkylation sites (tertiary alicyclic amines) is 1. The second-order valence-electron chi connectivity index (χ2n) is 4.47. The van der Waals surface area contributed by atoms with Crippen molar-refractivity contribution < 1.29 is 9.53 Å². The van der Waals surface area contributed by atoms with Crippen LogP contribution in [-0.4, -0.2) is 37.1 Å². The van der Waals surface area contributed by atoms with Crippen LogP contribution in [0.5, 0.6) is 5.75 Å². The first kappa shape index (κ1) is 14.0. The monoisotopic (exact) mass is 277 g/mol. The highest BCUT2D eigenvalue weighted by molar-refractivity contribution is 8.02. The minimum Gasteiger partial charge on any atom is -0.497 e. The molecule has 1 aromatic carbocycles. The number of carbonyl (C=O) groups is 1. The molecule has 0 amide bonds. The average Bonchev–Trinajstić information content (AvgIpc) is 2.98. The summed E-state index contributed by atoms with van der Waals surface area (Å²) in [6, 6.07) is 7.24. The summed E-state index contributed by atoms with van der Waals surface area (Å²) < 4.78 is 5.09. The molecule has 19 heavy (non-hydrogen) atoms. The molecule has 0 spiro atoms. The minimum atomic E-state index is 0.0545. The zero-order chi connectivity index (χ0) is 13.7. The summed E-state index contributed by atoms with van der Waals surface area (Å²) in [7, 11) is 1.62. The molecule has 0 saturated carbocycles. The van der Waals surface area contributed by atoms with Crippen molar-refractivity contribution in [3.63, 3.8) is 0 Å².